The van der Waals surface area contributed by atoms with E-state index >= 15 is 0 Å². The summed E-state index contributed by atoms with van der Waals surface area (Å²) in [6.45, 7) is 2.54. The molecule has 0 aliphatic carbocycles. The lowest BCUT2D eigenvalue weighted by atomic mass is 10.1. The maximum Gasteiger partial charge on any atom is 0.347 e. The molecular formula is C17H14FN3O5S. The van der Waals surface area contributed by atoms with Gasteiger partial charge < -0.3 is 24.8 Å². The zero-order chi connectivity index (χ0) is 19.3. The predicted molar refractivity (Wildman–Crippen MR) is 98.0 cm³/mol. The molecule has 0 bridgehead atoms. The molecule has 1 aliphatic heterocycles. The lowest BCUT2D eigenvalue weighted by Gasteiger charge is -2.30. The molecule has 0 spiro atoms. The van der Waals surface area contributed by atoms with Crippen LogP contribution in [-0.2, 0) is 0 Å². The van der Waals surface area contributed by atoms with Gasteiger partial charge in [0.15, 0.2) is 0 Å². The van der Waals surface area contributed by atoms with Crippen LogP contribution in [0.4, 0.5) is 10.1 Å². The number of hydrogen-bond donors (Lipinski definition) is 3. The fourth-order valence-corrected chi connectivity index (χ4v) is 4.29. The molecule has 0 unspecified atom stereocenters. The first-order valence-electron chi connectivity index (χ1n) is 8.12. The fourth-order valence-electron chi connectivity index (χ4n) is 3.31. The second-order valence-corrected chi connectivity index (χ2v) is 7.17. The summed E-state index contributed by atoms with van der Waals surface area (Å²) in [7, 11) is 0. The van der Waals surface area contributed by atoms with Crippen LogP contribution in [0.3, 0.4) is 0 Å². The Labute approximate surface area is 155 Å². The van der Waals surface area contributed by atoms with Crippen molar-refractivity contribution in [1.82, 2.24) is 9.72 Å². The van der Waals surface area contributed by atoms with E-state index < -0.39 is 28.7 Å². The highest BCUT2D eigenvalue weighted by Gasteiger charge is 2.24. The van der Waals surface area contributed by atoms with E-state index in [1.54, 1.807) is 0 Å². The number of halogens is 1. The van der Waals surface area contributed by atoms with Crippen LogP contribution in [0.5, 0.6) is 0 Å². The van der Waals surface area contributed by atoms with Crippen molar-refractivity contribution in [2.24, 2.45) is 0 Å². The SMILES string of the molecule is O=C(O)c1cn2c(s1)c(C(=O)O)c(=O)c1cc(F)c(N3CCNCC3)cc12. The van der Waals surface area contributed by atoms with E-state index in [9.17, 15) is 29.0 Å². The van der Waals surface area contributed by atoms with E-state index in [-0.39, 0.29) is 20.6 Å². The zero-order valence-corrected chi connectivity index (χ0v) is 14.7. The number of rotatable bonds is 3. The highest BCUT2D eigenvalue weighted by Crippen LogP contribution is 2.30. The number of carboxylic acid groups (broad SMARTS) is 2. The fraction of sp³-hybridized carbons (Fsp3) is 0.235. The van der Waals surface area contributed by atoms with Gasteiger partial charge >= 0.3 is 11.9 Å². The minimum atomic E-state index is -1.48. The Balaban J connectivity index is 2.09. The highest BCUT2D eigenvalue weighted by molar-refractivity contribution is 7.19. The summed E-state index contributed by atoms with van der Waals surface area (Å²) in [6.07, 6.45) is 1.26. The number of thiazole rings is 1. The summed E-state index contributed by atoms with van der Waals surface area (Å²) < 4.78 is 16.0. The average molecular weight is 391 g/mol. The van der Waals surface area contributed by atoms with Crippen LogP contribution in [0.1, 0.15) is 20.0 Å². The molecule has 2 aromatic heterocycles. The number of anilines is 1. The lowest BCUT2D eigenvalue weighted by molar-refractivity contribution is 0.0688. The van der Waals surface area contributed by atoms with Crippen molar-refractivity contribution < 1.29 is 24.2 Å². The van der Waals surface area contributed by atoms with Gasteiger partial charge in [0, 0.05) is 32.4 Å². The first-order chi connectivity index (χ1) is 12.9. The Morgan fingerprint density at radius 3 is 2.48 bits per heavy atom. The molecule has 1 saturated heterocycles. The van der Waals surface area contributed by atoms with E-state index in [1.165, 1.54) is 16.7 Å². The van der Waals surface area contributed by atoms with Crippen molar-refractivity contribution in [3.63, 3.8) is 0 Å². The topological polar surface area (TPSA) is 111 Å². The van der Waals surface area contributed by atoms with Crippen molar-refractivity contribution in [1.29, 1.82) is 0 Å². The molecular weight excluding hydrogens is 377 g/mol. The standard InChI is InChI=1S/C17H14FN3O5S/c18-9-5-8-10(6-11(9)20-3-1-19-2-4-20)21-7-12(16(23)24)27-15(21)13(14(8)22)17(25)26/h5-7,19H,1-4H2,(H,23,24)(H,25,26). The molecule has 27 heavy (non-hydrogen) atoms. The molecule has 0 amide bonds. The van der Waals surface area contributed by atoms with Crippen molar-refractivity contribution >= 4 is 44.7 Å². The first-order valence-corrected chi connectivity index (χ1v) is 8.94. The van der Waals surface area contributed by atoms with Crippen LogP contribution in [0.25, 0.3) is 15.7 Å². The van der Waals surface area contributed by atoms with Crippen LogP contribution in [0.15, 0.2) is 23.1 Å². The smallest absolute Gasteiger partial charge is 0.347 e. The van der Waals surface area contributed by atoms with E-state index in [4.69, 9.17) is 0 Å². The molecule has 4 rings (SSSR count). The molecule has 140 valence electrons. The van der Waals surface area contributed by atoms with E-state index in [1.807, 2.05) is 4.90 Å². The number of nitrogens with one attached hydrogen (secondary N) is 1. The molecule has 3 heterocycles. The number of fused-ring (bicyclic) bond motifs is 3. The average Bonchev–Trinajstić information content (AvgIpc) is 3.07. The molecule has 1 aromatic carbocycles. The molecule has 3 N–H and O–H groups in total. The van der Waals surface area contributed by atoms with Crippen LogP contribution in [0, 0.1) is 5.82 Å². The third-order valence-corrected chi connectivity index (χ3v) is 5.66. The number of carboxylic acids is 2. The summed E-state index contributed by atoms with van der Waals surface area (Å²) in [5.41, 5.74) is -0.821. The molecule has 8 nitrogen and oxygen atoms in total. The first kappa shape index (κ1) is 17.4. The predicted octanol–water partition coefficient (Wildman–Crippen LogP) is 1.46. The number of pyridine rings is 1. The second kappa shape index (κ2) is 6.32. The van der Waals surface area contributed by atoms with Crippen molar-refractivity contribution in [2.45, 2.75) is 0 Å². The normalized spacial score (nSPS) is 14.8. The molecule has 10 heteroatoms. The third-order valence-electron chi connectivity index (χ3n) is 4.56. The van der Waals surface area contributed by atoms with Gasteiger partial charge in [-0.05, 0) is 12.1 Å². The van der Waals surface area contributed by atoms with Gasteiger partial charge in [0.1, 0.15) is 21.1 Å². The van der Waals surface area contributed by atoms with Crippen LogP contribution in [0.2, 0.25) is 0 Å². The number of benzene rings is 1. The number of hydrogen-bond acceptors (Lipinski definition) is 6. The van der Waals surface area contributed by atoms with Gasteiger partial charge in [-0.2, -0.15) is 0 Å². The Hall–Kier alpha value is -2.98. The number of piperazine rings is 1. The van der Waals surface area contributed by atoms with Crippen LogP contribution in [-0.4, -0.2) is 52.7 Å². The Bertz CT molecular complexity index is 1160. The second-order valence-electron chi connectivity index (χ2n) is 6.14. The number of carbonyl (C=O) groups is 2. The Morgan fingerprint density at radius 2 is 1.85 bits per heavy atom. The van der Waals surface area contributed by atoms with Gasteiger partial charge in [0.05, 0.1) is 16.6 Å². The number of aromatic nitrogens is 1. The van der Waals surface area contributed by atoms with Gasteiger partial charge in [-0.1, -0.05) is 0 Å². The summed E-state index contributed by atoms with van der Waals surface area (Å²) in [5, 5.41) is 21.8. The maximum absolute atomic E-state index is 14.7. The van der Waals surface area contributed by atoms with E-state index in [2.05, 4.69) is 5.32 Å². The van der Waals surface area contributed by atoms with Crippen LogP contribution < -0.4 is 15.6 Å². The van der Waals surface area contributed by atoms with E-state index in [0.717, 1.165) is 6.07 Å². The van der Waals surface area contributed by atoms with Gasteiger partial charge in [-0.25, -0.2) is 14.0 Å². The molecule has 3 aromatic rings. The molecule has 1 fully saturated rings. The van der Waals surface area contributed by atoms with Crippen molar-refractivity contribution in [3.8, 4) is 0 Å². The number of aromatic carboxylic acids is 2. The minimum Gasteiger partial charge on any atom is -0.477 e. The number of nitrogens with zero attached hydrogens (tertiary/aromatic N) is 2. The molecule has 1 aliphatic rings. The lowest BCUT2D eigenvalue weighted by Crippen LogP contribution is -2.43. The third kappa shape index (κ3) is 2.73. The Morgan fingerprint density at radius 1 is 1.15 bits per heavy atom. The van der Waals surface area contributed by atoms with Gasteiger partial charge in [0.25, 0.3) is 0 Å². The molecule has 0 atom stereocenters. The highest BCUT2D eigenvalue weighted by atomic mass is 32.1. The van der Waals surface area contributed by atoms with Crippen molar-refractivity contribution in [3.05, 3.63) is 44.8 Å². The van der Waals surface area contributed by atoms with Gasteiger partial charge in [-0.15, -0.1) is 11.3 Å². The monoisotopic (exact) mass is 391 g/mol. The quantitative estimate of drug-likeness (QED) is 0.620. The summed E-state index contributed by atoms with van der Waals surface area (Å²) in [5.74, 6) is -3.33. The largest absolute Gasteiger partial charge is 0.477 e. The maximum atomic E-state index is 14.7. The van der Waals surface area contributed by atoms with Crippen LogP contribution >= 0.6 is 11.3 Å². The van der Waals surface area contributed by atoms with E-state index in [0.29, 0.717) is 43.2 Å². The molecule has 0 saturated carbocycles. The summed E-state index contributed by atoms with van der Waals surface area (Å²) in [4.78, 5) is 37.3. The van der Waals surface area contributed by atoms with Gasteiger partial charge in [-0.3, -0.25) is 4.79 Å². The van der Waals surface area contributed by atoms with Crippen molar-refractivity contribution in [2.75, 3.05) is 31.1 Å². The molecule has 0 radical (unpaired) electrons. The Kier molecular flexibility index (Phi) is 4.08. The zero-order valence-electron chi connectivity index (χ0n) is 13.9. The summed E-state index contributed by atoms with van der Waals surface area (Å²) in [6, 6.07) is 2.51. The summed E-state index contributed by atoms with van der Waals surface area (Å²) >= 11 is 0.700. The minimum absolute atomic E-state index is 0.00951. The van der Waals surface area contributed by atoms with Gasteiger partial charge in [0.2, 0.25) is 5.43 Å².